The second-order valence-electron chi connectivity index (χ2n) is 8.41. The van der Waals surface area contributed by atoms with Gasteiger partial charge in [0.05, 0.1) is 13.7 Å². The van der Waals surface area contributed by atoms with E-state index < -0.39 is 0 Å². The highest BCUT2D eigenvalue weighted by Gasteiger charge is 2.27. The van der Waals surface area contributed by atoms with E-state index in [1.165, 1.54) is 7.11 Å². The maximum absolute atomic E-state index is 12.7. The van der Waals surface area contributed by atoms with Crippen molar-refractivity contribution in [3.63, 3.8) is 0 Å². The number of methoxy groups -OCH3 is 1. The minimum atomic E-state index is -0.0749. The molecule has 1 aromatic carbocycles. The van der Waals surface area contributed by atoms with Crippen molar-refractivity contribution in [2.45, 2.75) is 26.3 Å². The van der Waals surface area contributed by atoms with Crippen LogP contribution in [0.3, 0.4) is 0 Å². The molecule has 8 nitrogen and oxygen atoms in total. The fraction of sp³-hybridized carbons (Fsp3) is 0.652. The largest absolute Gasteiger partial charge is 0.493 e. The highest BCUT2D eigenvalue weighted by Crippen LogP contribution is 2.30. The van der Waals surface area contributed by atoms with E-state index in [1.807, 2.05) is 4.90 Å². The van der Waals surface area contributed by atoms with Gasteiger partial charge < -0.3 is 19.3 Å². The molecule has 0 aromatic heterocycles. The normalized spacial score (nSPS) is 19.0. The van der Waals surface area contributed by atoms with Crippen LogP contribution in [0.5, 0.6) is 11.5 Å². The molecule has 0 radical (unpaired) electrons. The lowest BCUT2D eigenvalue weighted by atomic mass is 10.2. The maximum atomic E-state index is 12.7. The van der Waals surface area contributed by atoms with Crippen LogP contribution in [0.2, 0.25) is 5.02 Å². The number of ether oxygens (including phenoxy) is 2. The topological polar surface area (TPSA) is 65.6 Å². The molecule has 2 heterocycles. The van der Waals surface area contributed by atoms with Crippen molar-refractivity contribution in [1.82, 2.24) is 19.6 Å². The van der Waals surface area contributed by atoms with E-state index in [9.17, 15) is 9.59 Å². The predicted molar refractivity (Wildman–Crippen MR) is 124 cm³/mol. The lowest BCUT2D eigenvalue weighted by Gasteiger charge is -2.39. The first-order valence-electron chi connectivity index (χ1n) is 11.4. The van der Waals surface area contributed by atoms with Crippen molar-refractivity contribution >= 4 is 23.4 Å². The number of benzene rings is 1. The van der Waals surface area contributed by atoms with E-state index in [0.717, 1.165) is 32.6 Å². The third-order valence-electron chi connectivity index (χ3n) is 6.44. The molecular weight excluding hydrogens is 432 g/mol. The average molecular weight is 467 g/mol. The summed E-state index contributed by atoms with van der Waals surface area (Å²) in [4.78, 5) is 33.6. The number of rotatable bonds is 8. The molecule has 32 heavy (non-hydrogen) atoms. The second kappa shape index (κ2) is 11.7. The average Bonchev–Trinajstić information content (AvgIpc) is 2.83. The zero-order chi connectivity index (χ0) is 23.1. The Hall–Kier alpha value is -2.03. The van der Waals surface area contributed by atoms with Crippen LogP contribution in [0.15, 0.2) is 18.2 Å². The third-order valence-corrected chi connectivity index (χ3v) is 6.68. The van der Waals surface area contributed by atoms with Crippen LogP contribution in [0.4, 0.5) is 0 Å². The molecule has 2 fully saturated rings. The van der Waals surface area contributed by atoms with E-state index in [4.69, 9.17) is 21.1 Å². The Morgan fingerprint density at radius 2 is 1.59 bits per heavy atom. The fourth-order valence-electron chi connectivity index (χ4n) is 4.11. The van der Waals surface area contributed by atoms with Gasteiger partial charge >= 0.3 is 0 Å². The number of hydrogen-bond donors (Lipinski definition) is 0. The zero-order valence-corrected chi connectivity index (χ0v) is 20.1. The Kier molecular flexibility index (Phi) is 9.02. The van der Waals surface area contributed by atoms with Gasteiger partial charge in [0.2, 0.25) is 5.91 Å². The van der Waals surface area contributed by atoms with Gasteiger partial charge in [-0.3, -0.25) is 19.4 Å². The summed E-state index contributed by atoms with van der Waals surface area (Å²) in [5, 5.41) is 0.545. The predicted octanol–water partition coefficient (Wildman–Crippen LogP) is 1.81. The molecule has 2 aliphatic heterocycles. The van der Waals surface area contributed by atoms with E-state index in [1.54, 1.807) is 23.1 Å². The number of amides is 2. The van der Waals surface area contributed by atoms with Crippen molar-refractivity contribution in [3.8, 4) is 11.5 Å². The van der Waals surface area contributed by atoms with Gasteiger partial charge in [0.1, 0.15) is 0 Å². The number of piperazine rings is 2. The van der Waals surface area contributed by atoms with Crippen LogP contribution in [-0.2, 0) is 9.59 Å². The second-order valence-corrected chi connectivity index (χ2v) is 8.85. The molecule has 0 aliphatic carbocycles. The lowest BCUT2D eigenvalue weighted by Crippen LogP contribution is -2.55. The molecule has 1 atom stereocenters. The molecule has 1 aromatic rings. The minimum Gasteiger partial charge on any atom is -0.493 e. The van der Waals surface area contributed by atoms with Crippen molar-refractivity contribution in [1.29, 1.82) is 0 Å². The van der Waals surface area contributed by atoms with Crippen LogP contribution >= 0.6 is 11.6 Å². The first-order valence-corrected chi connectivity index (χ1v) is 11.8. The molecular formula is C23H35ClN4O4. The van der Waals surface area contributed by atoms with Gasteiger partial charge in [-0.05, 0) is 25.5 Å². The third kappa shape index (κ3) is 6.49. The van der Waals surface area contributed by atoms with Crippen LogP contribution in [0.1, 0.15) is 20.3 Å². The molecule has 2 aliphatic rings. The summed E-state index contributed by atoms with van der Waals surface area (Å²) < 4.78 is 10.9. The molecule has 2 saturated heterocycles. The van der Waals surface area contributed by atoms with Crippen LogP contribution in [0, 0.1) is 0 Å². The van der Waals surface area contributed by atoms with E-state index >= 15 is 0 Å². The van der Waals surface area contributed by atoms with Crippen LogP contribution < -0.4 is 9.47 Å². The zero-order valence-electron chi connectivity index (χ0n) is 19.4. The summed E-state index contributed by atoms with van der Waals surface area (Å²) in [5.74, 6) is 1.10. The molecule has 0 bridgehead atoms. The highest BCUT2D eigenvalue weighted by atomic mass is 35.5. The molecule has 2 amide bonds. The maximum Gasteiger partial charge on any atom is 0.260 e. The van der Waals surface area contributed by atoms with Crippen LogP contribution in [-0.4, -0.2) is 110 Å². The summed E-state index contributed by atoms with van der Waals surface area (Å²) in [7, 11) is 1.53. The molecule has 0 spiro atoms. The van der Waals surface area contributed by atoms with E-state index in [2.05, 4.69) is 23.6 Å². The van der Waals surface area contributed by atoms with Crippen molar-refractivity contribution in [3.05, 3.63) is 23.2 Å². The monoisotopic (exact) mass is 466 g/mol. The van der Waals surface area contributed by atoms with E-state index in [-0.39, 0.29) is 18.4 Å². The Morgan fingerprint density at radius 3 is 2.22 bits per heavy atom. The summed E-state index contributed by atoms with van der Waals surface area (Å²) >= 11 is 5.96. The number of carbonyl (C=O) groups excluding carboxylic acids is 2. The SMILES string of the molecule is CCC(C)N1CCN(C(=O)CN2CCN(C(=O)COc3ccc(Cl)cc3OC)CC2)CC1. The lowest BCUT2D eigenvalue weighted by molar-refractivity contribution is -0.137. The molecule has 0 N–H and O–H groups in total. The van der Waals surface area contributed by atoms with Gasteiger partial charge in [-0.15, -0.1) is 0 Å². The standard InChI is InChI=1S/C23H35ClN4O4/c1-4-18(2)26-11-13-27(14-12-26)22(29)16-25-7-9-28(10-8-25)23(30)17-32-20-6-5-19(24)15-21(20)31-3/h5-6,15,18H,4,7-14,16-17H2,1-3H3. The first kappa shape index (κ1) is 24.6. The molecule has 0 saturated carbocycles. The quantitative estimate of drug-likeness (QED) is 0.582. The fourth-order valence-corrected chi connectivity index (χ4v) is 4.27. The molecule has 3 rings (SSSR count). The number of nitrogens with zero attached hydrogens (tertiary/aromatic N) is 4. The highest BCUT2D eigenvalue weighted by molar-refractivity contribution is 6.30. The van der Waals surface area contributed by atoms with Crippen molar-refractivity contribution in [2.24, 2.45) is 0 Å². The molecule has 178 valence electrons. The van der Waals surface area contributed by atoms with Gasteiger partial charge in [0.25, 0.3) is 5.91 Å². The van der Waals surface area contributed by atoms with Crippen molar-refractivity contribution < 1.29 is 19.1 Å². The smallest absolute Gasteiger partial charge is 0.260 e. The van der Waals surface area contributed by atoms with Gasteiger partial charge in [0, 0.05) is 69.5 Å². The Bertz CT molecular complexity index is 777. The summed E-state index contributed by atoms with van der Waals surface area (Å²) in [6.45, 7) is 10.9. The van der Waals surface area contributed by atoms with Crippen LogP contribution in [0.25, 0.3) is 0 Å². The number of carbonyl (C=O) groups is 2. The molecule has 1 unspecified atom stereocenters. The Labute approximate surface area is 196 Å². The summed E-state index contributed by atoms with van der Waals surface area (Å²) in [6, 6.07) is 5.62. The summed E-state index contributed by atoms with van der Waals surface area (Å²) in [6.07, 6.45) is 1.13. The molecule has 9 heteroatoms. The van der Waals surface area contributed by atoms with Crippen molar-refractivity contribution in [2.75, 3.05) is 72.6 Å². The summed E-state index contributed by atoms with van der Waals surface area (Å²) in [5.41, 5.74) is 0. The van der Waals surface area contributed by atoms with Gasteiger partial charge in [-0.25, -0.2) is 0 Å². The number of halogens is 1. The first-order chi connectivity index (χ1) is 15.4. The van der Waals surface area contributed by atoms with E-state index in [0.29, 0.717) is 55.3 Å². The Balaban J connectivity index is 1.38. The van der Waals surface area contributed by atoms with Gasteiger partial charge in [0.15, 0.2) is 18.1 Å². The minimum absolute atomic E-state index is 0.0582. The number of hydrogen-bond acceptors (Lipinski definition) is 6. The van der Waals surface area contributed by atoms with Gasteiger partial charge in [-0.2, -0.15) is 0 Å². The van der Waals surface area contributed by atoms with Gasteiger partial charge in [-0.1, -0.05) is 18.5 Å². The Morgan fingerprint density at radius 1 is 0.969 bits per heavy atom.